The van der Waals surface area contributed by atoms with Crippen molar-refractivity contribution < 1.29 is 18.6 Å². The number of hydrogen-bond acceptors (Lipinski definition) is 9. The second-order valence-electron chi connectivity index (χ2n) is 15.0. The smallest absolute Gasteiger partial charge is 0.179 e. The van der Waals surface area contributed by atoms with Crippen molar-refractivity contribution in [3.8, 4) is 40.1 Å². The predicted octanol–water partition coefficient (Wildman–Crippen LogP) is 7.15. The lowest BCUT2D eigenvalue weighted by molar-refractivity contribution is 0.0342. The summed E-state index contributed by atoms with van der Waals surface area (Å²) in [6, 6.07) is 12.1. The number of imidazole rings is 1. The summed E-state index contributed by atoms with van der Waals surface area (Å²) in [6.45, 7) is 18.6. The zero-order valence-corrected chi connectivity index (χ0v) is 32.6. The average molecular weight is 727 g/mol. The third kappa shape index (κ3) is 9.69. The lowest BCUT2D eigenvalue weighted by atomic mass is 10.1. The fourth-order valence-corrected chi connectivity index (χ4v) is 6.75. The number of hydrogen-bond donors (Lipinski definition) is 2. The van der Waals surface area contributed by atoms with E-state index in [1.165, 1.54) is 17.8 Å². The molecule has 0 bridgehead atoms. The molecule has 1 fully saturated rings. The molecule has 0 atom stereocenters. The Labute approximate surface area is 301 Å². The van der Waals surface area contributed by atoms with Crippen molar-refractivity contribution >= 4 is 38.7 Å². The minimum atomic E-state index is -1.63. The second-order valence-corrected chi connectivity index (χ2v) is 25.4. The molecule has 0 saturated carbocycles. The van der Waals surface area contributed by atoms with Crippen molar-refractivity contribution in [3.05, 3.63) is 65.7 Å². The van der Waals surface area contributed by atoms with Gasteiger partial charge in [-0.2, -0.15) is 5.10 Å². The molecule has 14 heteroatoms. The highest BCUT2D eigenvalue weighted by molar-refractivity contribution is 6.83. The number of fused-ring (bicyclic) bond motifs is 1. The van der Waals surface area contributed by atoms with Crippen molar-refractivity contribution in [2.45, 2.75) is 58.6 Å². The van der Waals surface area contributed by atoms with Crippen LogP contribution in [0.3, 0.4) is 0 Å². The average Bonchev–Trinajstić information content (AvgIpc) is 3.69. The van der Waals surface area contributed by atoms with Gasteiger partial charge in [0.25, 0.3) is 0 Å². The van der Waals surface area contributed by atoms with Crippen LogP contribution >= 0.6 is 0 Å². The lowest BCUT2D eigenvalue weighted by Crippen LogP contribution is -2.35. The number of ether oxygens (including phenoxy) is 3. The third-order valence-corrected chi connectivity index (χ3v) is 10.9. The molecule has 0 aliphatic carbocycles. The molecule has 11 nitrogen and oxygen atoms in total. The van der Waals surface area contributed by atoms with Gasteiger partial charge in [0.2, 0.25) is 0 Å². The Balaban J connectivity index is 1.33. The van der Waals surface area contributed by atoms with E-state index >= 15 is 4.39 Å². The lowest BCUT2D eigenvalue weighted by Gasteiger charge is -2.26. The van der Waals surface area contributed by atoms with Crippen molar-refractivity contribution in [2.75, 3.05) is 45.3 Å². The second kappa shape index (κ2) is 15.5. The summed E-state index contributed by atoms with van der Waals surface area (Å²) in [5.74, 6) is 4.29. The maximum absolute atomic E-state index is 15.2. The molecule has 3 aromatic heterocycles. The van der Waals surface area contributed by atoms with Gasteiger partial charge in [0, 0.05) is 39.9 Å². The van der Waals surface area contributed by atoms with Gasteiger partial charge in [-0.15, -0.1) is 5.54 Å². The van der Waals surface area contributed by atoms with E-state index < -0.39 is 22.0 Å². The molecule has 0 radical (unpaired) electrons. The van der Waals surface area contributed by atoms with Gasteiger partial charge in [0.15, 0.2) is 28.9 Å². The fraction of sp³-hybridized carbons (Fsp3) is 0.405. The fourth-order valence-electron chi connectivity index (χ4n) is 5.48. The number of nitrogens with zero attached hydrogens (tertiary/aromatic N) is 6. The zero-order valence-electron chi connectivity index (χ0n) is 30.6. The Morgan fingerprint density at radius 2 is 1.84 bits per heavy atom. The Morgan fingerprint density at radius 1 is 1.04 bits per heavy atom. The van der Waals surface area contributed by atoms with Gasteiger partial charge in [-0.25, -0.2) is 24.0 Å². The summed E-state index contributed by atoms with van der Waals surface area (Å²) >= 11 is 0. The van der Waals surface area contributed by atoms with Crippen LogP contribution in [0.1, 0.15) is 11.1 Å². The molecule has 1 saturated heterocycles. The SMILES string of the molecule is COc1cnc(-c2cc(C#C[Si](C)(C)C)ccc2F)nc1Nc1cn(COCC[Si](C)(C)C)nc1-c1nc2ccc(CN3CCOCC3)cc2[nH]1. The van der Waals surface area contributed by atoms with Crippen LogP contribution in [0, 0.1) is 17.3 Å². The Hall–Kier alpha value is -4.40. The van der Waals surface area contributed by atoms with E-state index in [2.05, 4.69) is 83.1 Å². The molecular weight excluding hydrogens is 680 g/mol. The summed E-state index contributed by atoms with van der Waals surface area (Å²) < 4.78 is 34.2. The number of morpholine rings is 1. The number of anilines is 2. The number of benzene rings is 2. The van der Waals surface area contributed by atoms with E-state index in [1.54, 1.807) is 23.9 Å². The first-order chi connectivity index (χ1) is 24.3. The van der Waals surface area contributed by atoms with Crippen LogP contribution < -0.4 is 10.1 Å². The van der Waals surface area contributed by atoms with E-state index in [9.17, 15) is 0 Å². The number of H-pyrrole nitrogens is 1. The van der Waals surface area contributed by atoms with Crippen LogP contribution in [0.2, 0.25) is 45.3 Å². The summed E-state index contributed by atoms with van der Waals surface area (Å²) in [6.07, 6.45) is 3.39. The van der Waals surface area contributed by atoms with Gasteiger partial charge in [-0.05, 0) is 41.9 Å². The number of nitrogens with one attached hydrogen (secondary N) is 2. The maximum atomic E-state index is 15.2. The molecule has 0 amide bonds. The highest BCUT2D eigenvalue weighted by atomic mass is 28.3. The molecular formula is C37H47FN8O3Si2. The first kappa shape index (κ1) is 36.4. The molecule has 4 heterocycles. The Kier molecular flexibility index (Phi) is 11.0. The van der Waals surface area contributed by atoms with Gasteiger partial charge >= 0.3 is 0 Å². The van der Waals surface area contributed by atoms with E-state index in [4.69, 9.17) is 29.3 Å². The molecule has 5 aromatic rings. The van der Waals surface area contributed by atoms with Crippen LogP contribution in [-0.4, -0.2) is 90.8 Å². The van der Waals surface area contributed by atoms with E-state index in [1.807, 2.05) is 12.3 Å². The largest absolute Gasteiger partial charge is 0.491 e. The molecule has 51 heavy (non-hydrogen) atoms. The minimum Gasteiger partial charge on any atom is -0.491 e. The molecule has 1 aliphatic heterocycles. The standard InChI is InChI=1S/C37H47FN8O3Si2/c1-47-33-22-39-35(28-20-26(8-10-29(28)38)12-18-50(2,3)4)43-36(33)42-32-24-46(25-49-17-19-51(5,6)7)44-34(32)37-40-30-11-9-27(21-31(30)41-37)23-45-13-15-48-16-14-45/h8-11,20-22,24H,13-17,19,23,25H2,1-7H3,(H,40,41)(H,39,42,43). The summed E-state index contributed by atoms with van der Waals surface area (Å²) in [5.41, 5.74) is 8.43. The van der Waals surface area contributed by atoms with Gasteiger partial charge in [0.1, 0.15) is 20.6 Å². The van der Waals surface area contributed by atoms with Crippen LogP contribution in [0.25, 0.3) is 33.9 Å². The maximum Gasteiger partial charge on any atom is 0.179 e. The number of rotatable bonds is 12. The number of aromatic amines is 1. The first-order valence-electron chi connectivity index (χ1n) is 17.3. The highest BCUT2D eigenvalue weighted by Crippen LogP contribution is 2.33. The van der Waals surface area contributed by atoms with Gasteiger partial charge in [-0.1, -0.05) is 51.3 Å². The Bertz CT molecular complexity index is 2050. The molecule has 0 unspecified atom stereocenters. The van der Waals surface area contributed by atoms with Crippen LogP contribution in [0.15, 0.2) is 48.8 Å². The zero-order chi connectivity index (χ0) is 36.2. The predicted molar refractivity (Wildman–Crippen MR) is 205 cm³/mol. The van der Waals surface area contributed by atoms with Gasteiger partial charge in [-0.3, -0.25) is 4.90 Å². The summed E-state index contributed by atoms with van der Waals surface area (Å²) in [5, 5.41) is 8.29. The molecule has 1 aliphatic rings. The highest BCUT2D eigenvalue weighted by Gasteiger charge is 2.21. The molecule has 6 rings (SSSR count). The van der Waals surface area contributed by atoms with Crippen LogP contribution in [0.4, 0.5) is 15.9 Å². The van der Waals surface area contributed by atoms with Crippen molar-refractivity contribution in [2.24, 2.45) is 0 Å². The van der Waals surface area contributed by atoms with Gasteiger partial charge < -0.3 is 24.5 Å². The number of halogens is 1. The van der Waals surface area contributed by atoms with Gasteiger partial charge in [0.05, 0.1) is 55.0 Å². The monoisotopic (exact) mass is 726 g/mol. The van der Waals surface area contributed by atoms with E-state index in [-0.39, 0.29) is 18.1 Å². The van der Waals surface area contributed by atoms with Crippen LogP contribution in [-0.2, 0) is 22.7 Å². The minimum absolute atomic E-state index is 0.201. The van der Waals surface area contributed by atoms with Crippen molar-refractivity contribution in [1.82, 2.24) is 34.6 Å². The molecule has 2 aromatic carbocycles. The van der Waals surface area contributed by atoms with Crippen molar-refractivity contribution in [1.29, 1.82) is 0 Å². The summed E-state index contributed by atoms with van der Waals surface area (Å²) in [4.78, 5) is 20.0. The molecule has 268 valence electrons. The normalized spacial score (nSPS) is 14.0. The molecule has 0 spiro atoms. The van der Waals surface area contributed by atoms with Crippen LogP contribution in [0.5, 0.6) is 5.75 Å². The van der Waals surface area contributed by atoms with E-state index in [0.717, 1.165) is 49.9 Å². The quantitative estimate of drug-likeness (QED) is 0.0786. The topological polar surface area (TPSA) is 115 Å². The Morgan fingerprint density at radius 3 is 2.59 bits per heavy atom. The number of methoxy groups -OCH3 is 1. The van der Waals surface area contributed by atoms with Crippen molar-refractivity contribution in [3.63, 3.8) is 0 Å². The summed E-state index contributed by atoms with van der Waals surface area (Å²) in [7, 11) is -1.35. The molecule has 2 N–H and O–H groups in total. The first-order valence-corrected chi connectivity index (χ1v) is 24.5. The third-order valence-electron chi connectivity index (χ3n) is 8.28. The van der Waals surface area contributed by atoms with E-state index in [0.29, 0.717) is 40.9 Å². The number of aromatic nitrogens is 6.